The fourth-order valence-electron chi connectivity index (χ4n) is 1.40. The summed E-state index contributed by atoms with van der Waals surface area (Å²) < 4.78 is 18.6. The molecule has 0 atom stereocenters. The molecule has 0 aliphatic heterocycles. The first-order chi connectivity index (χ1) is 8.60. The van der Waals surface area contributed by atoms with Crippen molar-refractivity contribution in [1.29, 1.82) is 0 Å². The number of aromatic nitrogens is 1. The van der Waals surface area contributed by atoms with Crippen LogP contribution in [0.2, 0.25) is 5.15 Å². The highest BCUT2D eigenvalue weighted by Gasteiger charge is 2.08. The largest absolute Gasteiger partial charge is 0.497 e. The number of nitrogens with two attached hydrogens (primary N) is 1. The highest BCUT2D eigenvalue weighted by Crippen LogP contribution is 2.27. The second kappa shape index (κ2) is 5.10. The molecule has 1 aromatic carbocycles. The summed E-state index contributed by atoms with van der Waals surface area (Å²) in [5.74, 6) is 0.395. The van der Waals surface area contributed by atoms with E-state index in [1.165, 1.54) is 25.3 Å². The van der Waals surface area contributed by atoms with Gasteiger partial charge in [0.05, 0.1) is 18.5 Å². The fourth-order valence-corrected chi connectivity index (χ4v) is 1.55. The van der Waals surface area contributed by atoms with E-state index in [2.05, 4.69) is 10.3 Å². The maximum atomic E-state index is 13.6. The number of hydrogen-bond donors (Lipinski definition) is 2. The van der Waals surface area contributed by atoms with Gasteiger partial charge in [-0.15, -0.1) is 0 Å². The van der Waals surface area contributed by atoms with Gasteiger partial charge in [-0.2, -0.15) is 0 Å². The molecule has 2 rings (SSSR count). The normalized spacial score (nSPS) is 10.2. The number of nitrogen functional groups attached to an aromatic ring is 1. The maximum absolute atomic E-state index is 13.6. The minimum absolute atomic E-state index is 0.218. The van der Waals surface area contributed by atoms with Gasteiger partial charge in [0.25, 0.3) is 0 Å². The molecule has 6 heteroatoms. The first kappa shape index (κ1) is 12.4. The van der Waals surface area contributed by atoms with Gasteiger partial charge in [0.1, 0.15) is 16.7 Å². The standard InChI is InChI=1S/C12H11ClFN3O/c1-18-7-2-3-8(14)10(6-7)16-12-9(15)4-5-11(13)17-12/h2-6H,15H2,1H3,(H,16,17). The number of halogens is 2. The van der Waals surface area contributed by atoms with Crippen LogP contribution in [0.4, 0.5) is 21.6 Å². The van der Waals surface area contributed by atoms with E-state index in [1.807, 2.05) is 0 Å². The van der Waals surface area contributed by atoms with Crippen LogP contribution >= 0.6 is 11.6 Å². The van der Waals surface area contributed by atoms with Gasteiger partial charge in [-0.25, -0.2) is 9.37 Å². The molecule has 0 unspecified atom stereocenters. The number of hydrogen-bond acceptors (Lipinski definition) is 4. The van der Waals surface area contributed by atoms with Crippen LogP contribution < -0.4 is 15.8 Å². The molecule has 0 amide bonds. The van der Waals surface area contributed by atoms with Crippen LogP contribution in [0.3, 0.4) is 0 Å². The molecule has 0 aliphatic rings. The lowest BCUT2D eigenvalue weighted by molar-refractivity contribution is 0.414. The van der Waals surface area contributed by atoms with Crippen molar-refractivity contribution in [3.8, 4) is 5.75 Å². The number of benzene rings is 1. The molecule has 1 aromatic heterocycles. The fraction of sp³-hybridized carbons (Fsp3) is 0.0833. The molecule has 2 aromatic rings. The molecule has 94 valence electrons. The molecule has 0 saturated carbocycles. The number of rotatable bonds is 3. The van der Waals surface area contributed by atoms with E-state index in [-0.39, 0.29) is 10.8 Å². The highest BCUT2D eigenvalue weighted by molar-refractivity contribution is 6.29. The Hall–Kier alpha value is -2.01. The third-order valence-corrected chi connectivity index (χ3v) is 2.53. The molecule has 3 N–H and O–H groups in total. The Morgan fingerprint density at radius 3 is 2.83 bits per heavy atom. The van der Waals surface area contributed by atoms with Crippen molar-refractivity contribution in [2.24, 2.45) is 0 Å². The number of ether oxygens (including phenoxy) is 1. The molecule has 0 fully saturated rings. The molecule has 0 radical (unpaired) electrons. The van der Waals surface area contributed by atoms with E-state index in [0.717, 1.165) is 0 Å². The predicted molar refractivity (Wildman–Crippen MR) is 69.9 cm³/mol. The van der Waals surface area contributed by atoms with Crippen molar-refractivity contribution >= 4 is 28.8 Å². The molecular weight excluding hydrogens is 257 g/mol. The summed E-state index contributed by atoms with van der Waals surface area (Å²) in [5.41, 5.74) is 6.32. The third-order valence-electron chi connectivity index (χ3n) is 2.32. The van der Waals surface area contributed by atoms with Crippen molar-refractivity contribution in [1.82, 2.24) is 4.98 Å². The van der Waals surface area contributed by atoms with Gasteiger partial charge in [0.2, 0.25) is 0 Å². The van der Waals surface area contributed by atoms with E-state index in [4.69, 9.17) is 22.1 Å². The Labute approximate surface area is 109 Å². The van der Waals surface area contributed by atoms with E-state index >= 15 is 0 Å². The topological polar surface area (TPSA) is 60.2 Å². The van der Waals surface area contributed by atoms with Crippen LogP contribution in [0.25, 0.3) is 0 Å². The van der Waals surface area contributed by atoms with Crippen LogP contribution in [-0.4, -0.2) is 12.1 Å². The molecule has 1 heterocycles. The molecule has 18 heavy (non-hydrogen) atoms. The zero-order chi connectivity index (χ0) is 13.1. The Balaban J connectivity index is 2.36. The van der Waals surface area contributed by atoms with Crippen LogP contribution in [0.1, 0.15) is 0 Å². The quantitative estimate of drug-likeness (QED) is 0.839. The summed E-state index contributed by atoms with van der Waals surface area (Å²) in [7, 11) is 1.50. The van der Waals surface area contributed by atoms with E-state index in [1.54, 1.807) is 12.1 Å². The maximum Gasteiger partial charge on any atom is 0.155 e. The molecular formula is C12H11ClFN3O. The predicted octanol–water partition coefficient (Wildman–Crippen LogP) is 3.21. The van der Waals surface area contributed by atoms with Crippen molar-refractivity contribution < 1.29 is 9.13 Å². The zero-order valence-electron chi connectivity index (χ0n) is 9.58. The molecule has 0 spiro atoms. The lowest BCUT2D eigenvalue weighted by Gasteiger charge is -2.10. The van der Waals surface area contributed by atoms with Crippen LogP contribution in [0.5, 0.6) is 5.75 Å². The van der Waals surface area contributed by atoms with Crippen molar-refractivity contribution in [2.45, 2.75) is 0 Å². The number of anilines is 3. The second-order valence-electron chi connectivity index (χ2n) is 3.54. The average molecular weight is 268 g/mol. The second-order valence-corrected chi connectivity index (χ2v) is 3.93. The van der Waals surface area contributed by atoms with E-state index in [9.17, 15) is 4.39 Å². The summed E-state index contributed by atoms with van der Waals surface area (Å²) >= 11 is 5.76. The third kappa shape index (κ3) is 2.62. The van der Waals surface area contributed by atoms with Gasteiger partial charge in [0, 0.05) is 6.07 Å². The smallest absolute Gasteiger partial charge is 0.155 e. The van der Waals surface area contributed by atoms with Crippen LogP contribution in [0, 0.1) is 5.82 Å². The Morgan fingerprint density at radius 2 is 2.11 bits per heavy atom. The van der Waals surface area contributed by atoms with Gasteiger partial charge in [-0.1, -0.05) is 11.6 Å². The van der Waals surface area contributed by atoms with Crippen molar-refractivity contribution in [3.63, 3.8) is 0 Å². The van der Waals surface area contributed by atoms with Crippen molar-refractivity contribution in [2.75, 3.05) is 18.2 Å². The Morgan fingerprint density at radius 1 is 1.33 bits per heavy atom. The number of methoxy groups -OCH3 is 1. The van der Waals surface area contributed by atoms with Crippen LogP contribution in [0.15, 0.2) is 30.3 Å². The number of nitrogens with one attached hydrogen (secondary N) is 1. The Bertz CT molecular complexity index is 577. The zero-order valence-corrected chi connectivity index (χ0v) is 10.3. The summed E-state index contributed by atoms with van der Waals surface area (Å²) in [4.78, 5) is 3.99. The molecule has 0 bridgehead atoms. The number of nitrogens with zero attached hydrogens (tertiary/aromatic N) is 1. The summed E-state index contributed by atoms with van der Waals surface area (Å²) in [6.07, 6.45) is 0. The minimum Gasteiger partial charge on any atom is -0.497 e. The lowest BCUT2D eigenvalue weighted by atomic mass is 10.2. The highest BCUT2D eigenvalue weighted by atomic mass is 35.5. The molecule has 4 nitrogen and oxygen atoms in total. The first-order valence-electron chi connectivity index (χ1n) is 5.12. The molecule has 0 saturated heterocycles. The summed E-state index contributed by atoms with van der Waals surface area (Å²) in [5, 5.41) is 3.05. The van der Waals surface area contributed by atoms with Crippen molar-refractivity contribution in [3.05, 3.63) is 41.3 Å². The van der Waals surface area contributed by atoms with Gasteiger partial charge in [0.15, 0.2) is 5.82 Å². The van der Waals surface area contributed by atoms with Gasteiger partial charge >= 0.3 is 0 Å². The minimum atomic E-state index is -0.433. The van der Waals surface area contributed by atoms with Gasteiger partial charge in [-0.3, -0.25) is 0 Å². The Kier molecular flexibility index (Phi) is 3.53. The van der Waals surface area contributed by atoms with Gasteiger partial charge in [-0.05, 0) is 24.3 Å². The number of pyridine rings is 1. The molecule has 0 aliphatic carbocycles. The van der Waals surface area contributed by atoms with E-state index in [0.29, 0.717) is 17.3 Å². The first-order valence-corrected chi connectivity index (χ1v) is 5.50. The summed E-state index contributed by atoms with van der Waals surface area (Å²) in [6.45, 7) is 0. The average Bonchev–Trinajstić information content (AvgIpc) is 2.36. The van der Waals surface area contributed by atoms with Crippen LogP contribution in [-0.2, 0) is 0 Å². The summed E-state index contributed by atoms with van der Waals surface area (Å²) in [6, 6.07) is 7.48. The van der Waals surface area contributed by atoms with E-state index < -0.39 is 5.82 Å². The van der Waals surface area contributed by atoms with Gasteiger partial charge < -0.3 is 15.8 Å². The SMILES string of the molecule is COc1ccc(F)c(Nc2nc(Cl)ccc2N)c1. The lowest BCUT2D eigenvalue weighted by Crippen LogP contribution is -2.01. The monoisotopic (exact) mass is 267 g/mol.